The molecule has 0 heterocycles. The van der Waals surface area contributed by atoms with Gasteiger partial charge in [0.25, 0.3) is 0 Å². The SMILES string of the molecule is CN(C)CC(CCCCCS)C(N)=O. The van der Waals surface area contributed by atoms with E-state index in [9.17, 15) is 4.79 Å². The minimum absolute atomic E-state index is 0.00455. The molecular formula is C10H22N2OS. The Bertz CT molecular complexity index is 162. The normalized spacial score (nSPS) is 13.1. The van der Waals surface area contributed by atoms with Crippen molar-refractivity contribution in [2.45, 2.75) is 25.7 Å². The van der Waals surface area contributed by atoms with Crippen LogP contribution < -0.4 is 5.73 Å². The van der Waals surface area contributed by atoms with Crippen LogP contribution in [0.4, 0.5) is 0 Å². The number of primary amides is 1. The number of nitrogens with two attached hydrogens (primary N) is 1. The van der Waals surface area contributed by atoms with Crippen LogP contribution in [0.2, 0.25) is 0 Å². The van der Waals surface area contributed by atoms with Gasteiger partial charge < -0.3 is 10.6 Å². The number of rotatable bonds is 8. The molecule has 0 spiro atoms. The molecule has 14 heavy (non-hydrogen) atoms. The van der Waals surface area contributed by atoms with Gasteiger partial charge in [-0.3, -0.25) is 4.79 Å². The second kappa shape index (κ2) is 8.12. The topological polar surface area (TPSA) is 46.3 Å². The molecule has 1 amide bonds. The maximum absolute atomic E-state index is 11.1. The van der Waals surface area contributed by atoms with Gasteiger partial charge >= 0.3 is 0 Å². The first-order chi connectivity index (χ1) is 6.57. The van der Waals surface area contributed by atoms with Gasteiger partial charge in [-0.15, -0.1) is 0 Å². The molecule has 0 fully saturated rings. The monoisotopic (exact) mass is 218 g/mol. The largest absolute Gasteiger partial charge is 0.369 e. The van der Waals surface area contributed by atoms with Crippen LogP contribution in [-0.4, -0.2) is 37.2 Å². The molecule has 3 nitrogen and oxygen atoms in total. The molecule has 0 aromatic heterocycles. The zero-order valence-corrected chi connectivity index (χ0v) is 10.1. The summed E-state index contributed by atoms with van der Waals surface area (Å²) in [6.07, 6.45) is 4.24. The van der Waals surface area contributed by atoms with Gasteiger partial charge in [0, 0.05) is 6.54 Å². The third kappa shape index (κ3) is 7.21. The molecule has 1 unspecified atom stereocenters. The molecule has 0 aliphatic carbocycles. The average Bonchev–Trinajstić information content (AvgIpc) is 2.09. The highest BCUT2D eigenvalue weighted by Crippen LogP contribution is 2.10. The van der Waals surface area contributed by atoms with Crippen LogP contribution in [0.5, 0.6) is 0 Å². The summed E-state index contributed by atoms with van der Waals surface area (Å²) in [5.74, 6) is 0.754. The van der Waals surface area contributed by atoms with E-state index in [0.29, 0.717) is 0 Å². The molecule has 84 valence electrons. The third-order valence-corrected chi connectivity index (χ3v) is 2.51. The molecule has 0 aliphatic heterocycles. The molecule has 0 rings (SSSR count). The van der Waals surface area contributed by atoms with Crippen molar-refractivity contribution < 1.29 is 4.79 Å². The van der Waals surface area contributed by atoms with Crippen LogP contribution in [0.15, 0.2) is 0 Å². The Morgan fingerprint density at radius 2 is 2.00 bits per heavy atom. The molecular weight excluding hydrogens is 196 g/mol. The fourth-order valence-corrected chi connectivity index (χ4v) is 1.67. The number of unbranched alkanes of at least 4 members (excludes halogenated alkanes) is 2. The summed E-state index contributed by atoms with van der Waals surface area (Å²) >= 11 is 4.14. The van der Waals surface area contributed by atoms with Gasteiger partial charge in [0.15, 0.2) is 0 Å². The zero-order valence-electron chi connectivity index (χ0n) is 9.20. The highest BCUT2D eigenvalue weighted by atomic mass is 32.1. The molecule has 0 bridgehead atoms. The number of amides is 1. The lowest BCUT2D eigenvalue weighted by Crippen LogP contribution is -2.32. The first-order valence-corrected chi connectivity index (χ1v) is 5.76. The van der Waals surface area contributed by atoms with Crippen LogP contribution >= 0.6 is 12.6 Å². The third-order valence-electron chi connectivity index (χ3n) is 2.20. The van der Waals surface area contributed by atoms with E-state index in [1.165, 1.54) is 0 Å². The van der Waals surface area contributed by atoms with Gasteiger partial charge in [-0.05, 0) is 32.7 Å². The van der Waals surface area contributed by atoms with Crippen molar-refractivity contribution in [3.05, 3.63) is 0 Å². The van der Waals surface area contributed by atoms with Crippen molar-refractivity contribution in [3.8, 4) is 0 Å². The summed E-state index contributed by atoms with van der Waals surface area (Å²) in [5, 5.41) is 0. The Balaban J connectivity index is 3.68. The van der Waals surface area contributed by atoms with Crippen molar-refractivity contribution in [2.24, 2.45) is 11.7 Å². The lowest BCUT2D eigenvalue weighted by Gasteiger charge is -2.17. The van der Waals surface area contributed by atoms with Gasteiger partial charge in [0.05, 0.1) is 5.92 Å². The highest BCUT2D eigenvalue weighted by molar-refractivity contribution is 7.80. The fourth-order valence-electron chi connectivity index (χ4n) is 1.44. The maximum Gasteiger partial charge on any atom is 0.221 e. The Morgan fingerprint density at radius 3 is 2.43 bits per heavy atom. The summed E-state index contributed by atoms with van der Waals surface area (Å²) in [6, 6.07) is 0. The van der Waals surface area contributed by atoms with Gasteiger partial charge in [-0.25, -0.2) is 0 Å². The van der Waals surface area contributed by atoms with Gasteiger partial charge in [-0.2, -0.15) is 12.6 Å². The van der Waals surface area contributed by atoms with Crippen LogP contribution in [0.3, 0.4) is 0 Å². The maximum atomic E-state index is 11.1. The van der Waals surface area contributed by atoms with Crippen molar-refractivity contribution in [1.29, 1.82) is 0 Å². The van der Waals surface area contributed by atoms with Gasteiger partial charge in [0.1, 0.15) is 0 Å². The second-order valence-electron chi connectivity index (χ2n) is 3.93. The first kappa shape index (κ1) is 13.8. The lowest BCUT2D eigenvalue weighted by atomic mass is 10.0. The summed E-state index contributed by atoms with van der Waals surface area (Å²) in [7, 11) is 3.92. The molecule has 0 aliphatic rings. The van der Waals surface area contributed by atoms with Crippen molar-refractivity contribution in [1.82, 2.24) is 4.90 Å². The van der Waals surface area contributed by atoms with Crippen LogP contribution in [0.1, 0.15) is 25.7 Å². The minimum Gasteiger partial charge on any atom is -0.369 e. The van der Waals surface area contributed by atoms with Crippen molar-refractivity contribution in [3.63, 3.8) is 0 Å². The summed E-state index contributed by atoms with van der Waals surface area (Å²) in [4.78, 5) is 13.1. The fraction of sp³-hybridized carbons (Fsp3) is 0.900. The van der Waals surface area contributed by atoms with E-state index in [1.807, 2.05) is 19.0 Å². The summed E-state index contributed by atoms with van der Waals surface area (Å²) in [6.45, 7) is 0.760. The van der Waals surface area contributed by atoms with E-state index >= 15 is 0 Å². The predicted molar refractivity (Wildman–Crippen MR) is 63.6 cm³/mol. The standard InChI is InChI=1S/C10H22N2OS/c1-12(2)8-9(10(11)13)6-4-3-5-7-14/h9,14H,3-8H2,1-2H3,(H2,11,13). The average molecular weight is 218 g/mol. The van der Waals surface area contributed by atoms with E-state index in [1.54, 1.807) is 0 Å². The summed E-state index contributed by atoms with van der Waals surface area (Å²) in [5.41, 5.74) is 5.32. The zero-order chi connectivity index (χ0) is 11.0. The number of nitrogens with zero attached hydrogens (tertiary/aromatic N) is 1. The predicted octanol–water partition coefficient (Wildman–Crippen LogP) is 1.14. The Hall–Kier alpha value is -0.220. The van der Waals surface area contributed by atoms with Crippen LogP contribution in [0.25, 0.3) is 0 Å². The highest BCUT2D eigenvalue weighted by Gasteiger charge is 2.15. The second-order valence-corrected chi connectivity index (χ2v) is 4.38. The molecule has 0 saturated carbocycles. The molecule has 1 atom stereocenters. The van der Waals surface area contributed by atoms with E-state index in [0.717, 1.165) is 38.0 Å². The van der Waals surface area contributed by atoms with Crippen LogP contribution in [0, 0.1) is 5.92 Å². The number of thiol groups is 1. The van der Waals surface area contributed by atoms with E-state index in [4.69, 9.17) is 5.73 Å². The smallest absolute Gasteiger partial charge is 0.221 e. The van der Waals surface area contributed by atoms with Gasteiger partial charge in [0.2, 0.25) is 5.91 Å². The molecule has 0 radical (unpaired) electrons. The number of carbonyl (C=O) groups is 1. The molecule has 4 heteroatoms. The lowest BCUT2D eigenvalue weighted by molar-refractivity contribution is -0.122. The Kier molecular flexibility index (Phi) is 7.99. The molecule has 0 aromatic rings. The number of hydrogen-bond donors (Lipinski definition) is 2. The molecule has 0 aromatic carbocycles. The van der Waals surface area contributed by atoms with Crippen molar-refractivity contribution >= 4 is 18.5 Å². The van der Waals surface area contributed by atoms with Crippen LogP contribution in [-0.2, 0) is 4.79 Å². The molecule has 2 N–H and O–H groups in total. The number of hydrogen-bond acceptors (Lipinski definition) is 3. The van der Waals surface area contributed by atoms with Crippen molar-refractivity contribution in [2.75, 3.05) is 26.4 Å². The first-order valence-electron chi connectivity index (χ1n) is 5.12. The number of carbonyl (C=O) groups excluding carboxylic acids is 1. The molecule has 0 saturated heterocycles. The van der Waals surface area contributed by atoms with E-state index < -0.39 is 0 Å². The van der Waals surface area contributed by atoms with E-state index in [2.05, 4.69) is 12.6 Å². The Morgan fingerprint density at radius 1 is 1.36 bits per heavy atom. The van der Waals surface area contributed by atoms with E-state index in [-0.39, 0.29) is 11.8 Å². The summed E-state index contributed by atoms with van der Waals surface area (Å²) < 4.78 is 0. The van der Waals surface area contributed by atoms with Gasteiger partial charge in [-0.1, -0.05) is 12.8 Å². The quantitative estimate of drug-likeness (QED) is 0.474. The Labute approximate surface area is 92.4 Å². The minimum atomic E-state index is -0.176.